The fourth-order valence-electron chi connectivity index (χ4n) is 3.92. The molecule has 1 aromatic heterocycles. The van der Waals surface area contributed by atoms with Gasteiger partial charge in [-0.1, -0.05) is 36.4 Å². The van der Waals surface area contributed by atoms with E-state index in [0.29, 0.717) is 24.0 Å². The van der Waals surface area contributed by atoms with Crippen molar-refractivity contribution < 1.29 is 9.57 Å². The lowest BCUT2D eigenvalue weighted by Gasteiger charge is -2.14. The summed E-state index contributed by atoms with van der Waals surface area (Å²) < 4.78 is 6.01. The van der Waals surface area contributed by atoms with Gasteiger partial charge in [-0.15, -0.1) is 0 Å². The number of nitriles is 1. The average molecular weight is 450 g/mol. The highest BCUT2D eigenvalue weighted by molar-refractivity contribution is 5.55. The van der Waals surface area contributed by atoms with Gasteiger partial charge >= 0.3 is 0 Å². The molecule has 4 aromatic rings. The number of anilines is 2. The Balaban J connectivity index is 1.20. The van der Waals surface area contributed by atoms with Gasteiger partial charge in [0.05, 0.1) is 24.3 Å². The summed E-state index contributed by atoms with van der Waals surface area (Å²) in [4.78, 5) is 14.4. The Bertz CT molecular complexity index is 1300. The van der Waals surface area contributed by atoms with Crippen LogP contribution in [0.3, 0.4) is 0 Å². The molecule has 1 aliphatic rings. The number of aryl methyl sites for hydroxylation is 1. The first-order chi connectivity index (χ1) is 16.8. The predicted molar refractivity (Wildman–Crippen MR) is 128 cm³/mol. The van der Waals surface area contributed by atoms with Crippen LogP contribution in [0, 0.1) is 11.3 Å². The Hall–Kier alpha value is -4.25. The summed E-state index contributed by atoms with van der Waals surface area (Å²) in [6, 6.07) is 27.3. The van der Waals surface area contributed by atoms with Crippen LogP contribution in [0.25, 0.3) is 0 Å². The van der Waals surface area contributed by atoms with E-state index in [-0.39, 0.29) is 6.04 Å². The van der Waals surface area contributed by atoms with Crippen molar-refractivity contribution in [2.45, 2.75) is 25.5 Å². The Kier molecular flexibility index (Phi) is 6.43. The summed E-state index contributed by atoms with van der Waals surface area (Å²) in [5, 5.41) is 12.1. The largest absolute Gasteiger partial charge is 0.439 e. The van der Waals surface area contributed by atoms with Crippen molar-refractivity contribution in [2.75, 3.05) is 5.32 Å². The van der Waals surface area contributed by atoms with Crippen molar-refractivity contribution in [3.63, 3.8) is 0 Å². The van der Waals surface area contributed by atoms with Crippen molar-refractivity contribution in [3.05, 3.63) is 107 Å². The zero-order chi connectivity index (χ0) is 23.2. The standard InChI is InChI=1S/C27H23N5O2/c28-17-19-6-9-22(10-7-19)30-27-29-15-14-26(31-27)34-23-11-12-24-21(16-23)8-13-25(24)32-33-18-20-4-2-1-3-5-20/h1-7,9-12,14-16,25,32H,8,13,18H2,(H,29,30,31). The molecule has 5 rings (SSSR count). The predicted octanol–water partition coefficient (Wildman–Crippen LogP) is 5.59. The monoisotopic (exact) mass is 449 g/mol. The van der Waals surface area contributed by atoms with Gasteiger partial charge in [0, 0.05) is 18.0 Å². The first kappa shape index (κ1) is 21.6. The molecule has 34 heavy (non-hydrogen) atoms. The minimum atomic E-state index is 0.162. The molecule has 1 heterocycles. The Labute approximate surface area is 198 Å². The minimum Gasteiger partial charge on any atom is -0.439 e. The van der Waals surface area contributed by atoms with E-state index in [1.54, 1.807) is 24.4 Å². The molecule has 0 spiro atoms. The van der Waals surface area contributed by atoms with Crippen molar-refractivity contribution in [1.82, 2.24) is 15.4 Å². The molecule has 7 nitrogen and oxygen atoms in total. The lowest BCUT2D eigenvalue weighted by molar-refractivity contribution is 0.00332. The molecule has 0 fully saturated rings. The van der Waals surface area contributed by atoms with Crippen LogP contribution in [0.5, 0.6) is 11.6 Å². The maximum Gasteiger partial charge on any atom is 0.230 e. The number of nitrogens with zero attached hydrogens (tertiary/aromatic N) is 3. The summed E-state index contributed by atoms with van der Waals surface area (Å²) >= 11 is 0. The second-order valence-corrected chi connectivity index (χ2v) is 7.98. The van der Waals surface area contributed by atoms with E-state index in [4.69, 9.17) is 14.8 Å². The molecule has 0 radical (unpaired) electrons. The quantitative estimate of drug-likeness (QED) is 0.339. The van der Waals surface area contributed by atoms with Crippen LogP contribution in [0.1, 0.15) is 34.7 Å². The number of fused-ring (bicyclic) bond motifs is 1. The van der Waals surface area contributed by atoms with Crippen LogP contribution < -0.4 is 15.5 Å². The molecule has 1 atom stereocenters. The summed E-state index contributed by atoms with van der Waals surface area (Å²) in [6.45, 7) is 0.528. The lowest BCUT2D eigenvalue weighted by Crippen LogP contribution is -2.19. The zero-order valence-electron chi connectivity index (χ0n) is 18.4. The number of hydroxylamine groups is 1. The first-order valence-electron chi connectivity index (χ1n) is 11.1. The molecule has 168 valence electrons. The van der Waals surface area contributed by atoms with E-state index in [2.05, 4.69) is 39.0 Å². The van der Waals surface area contributed by atoms with Crippen molar-refractivity contribution in [3.8, 4) is 17.7 Å². The van der Waals surface area contributed by atoms with Crippen LogP contribution in [0.15, 0.2) is 85.1 Å². The fraction of sp³-hybridized carbons (Fsp3) is 0.148. The highest BCUT2D eigenvalue weighted by Gasteiger charge is 2.23. The maximum absolute atomic E-state index is 8.93. The smallest absolute Gasteiger partial charge is 0.230 e. The number of hydrogen-bond acceptors (Lipinski definition) is 7. The van der Waals surface area contributed by atoms with Crippen LogP contribution in [-0.4, -0.2) is 9.97 Å². The fourth-order valence-corrected chi connectivity index (χ4v) is 3.92. The van der Waals surface area contributed by atoms with Crippen molar-refractivity contribution in [1.29, 1.82) is 5.26 Å². The van der Waals surface area contributed by atoms with Crippen molar-refractivity contribution in [2.24, 2.45) is 0 Å². The minimum absolute atomic E-state index is 0.162. The second kappa shape index (κ2) is 10.1. The van der Waals surface area contributed by atoms with E-state index >= 15 is 0 Å². The van der Waals surface area contributed by atoms with Gasteiger partial charge in [-0.25, -0.2) is 4.98 Å². The van der Waals surface area contributed by atoms with E-state index in [1.165, 1.54) is 11.1 Å². The summed E-state index contributed by atoms with van der Waals surface area (Å²) in [7, 11) is 0. The number of rotatable bonds is 8. The molecular weight excluding hydrogens is 426 g/mol. The third kappa shape index (κ3) is 5.21. The third-order valence-electron chi connectivity index (χ3n) is 5.62. The summed E-state index contributed by atoms with van der Waals surface area (Å²) in [6.07, 6.45) is 3.57. The molecule has 0 amide bonds. The van der Waals surface area contributed by atoms with Crippen LogP contribution in [0.2, 0.25) is 0 Å². The molecule has 0 saturated heterocycles. The SMILES string of the molecule is N#Cc1ccc(Nc2nccc(Oc3ccc4c(c3)CCC4NOCc3ccccc3)n2)cc1. The van der Waals surface area contributed by atoms with Gasteiger partial charge in [0.2, 0.25) is 11.8 Å². The highest BCUT2D eigenvalue weighted by atomic mass is 16.6. The van der Waals surface area contributed by atoms with Gasteiger partial charge in [0.1, 0.15) is 5.75 Å². The molecule has 0 aliphatic heterocycles. The molecular formula is C27H23N5O2. The first-order valence-corrected chi connectivity index (χ1v) is 11.1. The molecule has 0 saturated carbocycles. The average Bonchev–Trinajstić information content (AvgIpc) is 3.27. The molecule has 1 unspecified atom stereocenters. The Morgan fingerprint density at radius 2 is 1.85 bits per heavy atom. The maximum atomic E-state index is 8.93. The molecule has 3 aromatic carbocycles. The number of ether oxygens (including phenoxy) is 1. The van der Waals surface area contributed by atoms with E-state index < -0.39 is 0 Å². The molecule has 7 heteroatoms. The molecule has 2 N–H and O–H groups in total. The van der Waals surface area contributed by atoms with Crippen molar-refractivity contribution >= 4 is 11.6 Å². The number of aromatic nitrogens is 2. The van der Waals surface area contributed by atoms with Gasteiger partial charge in [-0.2, -0.15) is 15.7 Å². The number of benzene rings is 3. The van der Waals surface area contributed by atoms with E-state index in [0.717, 1.165) is 29.8 Å². The van der Waals surface area contributed by atoms with Crippen LogP contribution in [0.4, 0.5) is 11.6 Å². The number of nitrogens with one attached hydrogen (secondary N) is 2. The topological polar surface area (TPSA) is 92.1 Å². The number of hydrogen-bond donors (Lipinski definition) is 2. The second-order valence-electron chi connectivity index (χ2n) is 7.98. The van der Waals surface area contributed by atoms with Gasteiger partial charge in [-0.3, -0.25) is 4.84 Å². The zero-order valence-corrected chi connectivity index (χ0v) is 18.4. The highest BCUT2D eigenvalue weighted by Crippen LogP contribution is 2.34. The van der Waals surface area contributed by atoms with Gasteiger partial charge in [0.15, 0.2) is 0 Å². The van der Waals surface area contributed by atoms with E-state index in [1.807, 2.05) is 48.5 Å². The van der Waals surface area contributed by atoms with Gasteiger partial charge in [0.25, 0.3) is 0 Å². The third-order valence-corrected chi connectivity index (χ3v) is 5.62. The summed E-state index contributed by atoms with van der Waals surface area (Å²) in [5.74, 6) is 1.60. The van der Waals surface area contributed by atoms with E-state index in [9.17, 15) is 0 Å². The van der Waals surface area contributed by atoms with Crippen LogP contribution >= 0.6 is 0 Å². The Morgan fingerprint density at radius 1 is 1.00 bits per heavy atom. The normalized spacial score (nSPS) is 14.3. The summed E-state index contributed by atoms with van der Waals surface area (Å²) in [5.41, 5.74) is 8.20. The van der Waals surface area contributed by atoms with Gasteiger partial charge < -0.3 is 10.1 Å². The molecule has 0 bridgehead atoms. The molecule has 1 aliphatic carbocycles. The Morgan fingerprint density at radius 3 is 2.68 bits per heavy atom. The van der Waals surface area contributed by atoms with Gasteiger partial charge in [-0.05, 0) is 65.9 Å². The van der Waals surface area contributed by atoms with Crippen LogP contribution in [-0.2, 0) is 17.9 Å². The lowest BCUT2D eigenvalue weighted by atomic mass is 10.1.